The molecule has 0 spiro atoms. The SMILES string of the molecule is CN(C)CCCN1C(=O)c2ccccc2Oc2cnccc21. The molecule has 22 heavy (non-hydrogen) atoms. The van der Waals surface area contributed by atoms with Crippen LogP contribution in [0.2, 0.25) is 0 Å². The Balaban J connectivity index is 1.98. The molecule has 5 heteroatoms. The minimum atomic E-state index is -0.0284. The van der Waals surface area contributed by atoms with Crippen molar-refractivity contribution >= 4 is 11.6 Å². The molecule has 0 aliphatic carbocycles. The van der Waals surface area contributed by atoms with E-state index in [4.69, 9.17) is 4.74 Å². The fraction of sp³-hybridized carbons (Fsp3) is 0.294. The molecular weight excluding hydrogens is 278 g/mol. The normalized spacial score (nSPS) is 13.4. The van der Waals surface area contributed by atoms with E-state index in [0.29, 0.717) is 23.6 Å². The lowest BCUT2D eigenvalue weighted by molar-refractivity contribution is 0.0986. The number of carbonyl (C=O) groups excluding carboxylic acids is 1. The lowest BCUT2D eigenvalue weighted by Crippen LogP contribution is -2.32. The molecule has 0 atom stereocenters. The molecule has 1 amide bonds. The van der Waals surface area contributed by atoms with E-state index < -0.39 is 0 Å². The van der Waals surface area contributed by atoms with Crippen molar-refractivity contribution in [1.82, 2.24) is 9.88 Å². The number of hydrogen-bond acceptors (Lipinski definition) is 4. The predicted octanol–water partition coefficient (Wildman–Crippen LogP) is 2.79. The van der Waals surface area contributed by atoms with Crippen LogP contribution in [-0.4, -0.2) is 43.0 Å². The third-order valence-electron chi connectivity index (χ3n) is 3.62. The molecule has 2 aromatic rings. The van der Waals surface area contributed by atoms with Gasteiger partial charge >= 0.3 is 0 Å². The summed E-state index contributed by atoms with van der Waals surface area (Å²) in [5.74, 6) is 1.17. The van der Waals surface area contributed by atoms with Gasteiger partial charge in [-0.3, -0.25) is 9.78 Å². The highest BCUT2D eigenvalue weighted by Crippen LogP contribution is 2.37. The number of pyridine rings is 1. The van der Waals surface area contributed by atoms with Crippen LogP contribution in [0, 0.1) is 0 Å². The lowest BCUT2D eigenvalue weighted by atomic mass is 10.1. The van der Waals surface area contributed by atoms with Gasteiger partial charge in [0.2, 0.25) is 0 Å². The summed E-state index contributed by atoms with van der Waals surface area (Å²) in [6.07, 6.45) is 4.23. The van der Waals surface area contributed by atoms with Crippen molar-refractivity contribution in [2.45, 2.75) is 6.42 Å². The zero-order valence-electron chi connectivity index (χ0n) is 12.8. The first-order chi connectivity index (χ1) is 10.7. The summed E-state index contributed by atoms with van der Waals surface area (Å²) in [5, 5.41) is 0. The minimum absolute atomic E-state index is 0.0284. The molecule has 0 unspecified atom stereocenters. The van der Waals surface area contributed by atoms with E-state index in [2.05, 4.69) is 9.88 Å². The summed E-state index contributed by atoms with van der Waals surface area (Å²) in [6.45, 7) is 1.57. The Morgan fingerprint density at radius 1 is 1.18 bits per heavy atom. The van der Waals surface area contributed by atoms with Crippen LogP contribution in [0.3, 0.4) is 0 Å². The highest BCUT2D eigenvalue weighted by atomic mass is 16.5. The van der Waals surface area contributed by atoms with Crippen molar-refractivity contribution in [2.75, 3.05) is 32.1 Å². The fourth-order valence-corrected chi connectivity index (χ4v) is 2.55. The van der Waals surface area contributed by atoms with E-state index >= 15 is 0 Å². The van der Waals surface area contributed by atoms with Gasteiger partial charge in [0.1, 0.15) is 5.75 Å². The Labute approximate surface area is 130 Å². The second-order valence-electron chi connectivity index (χ2n) is 5.56. The third kappa shape index (κ3) is 2.80. The number of fused-ring (bicyclic) bond motifs is 2. The molecule has 2 heterocycles. The highest BCUT2D eigenvalue weighted by Gasteiger charge is 2.27. The van der Waals surface area contributed by atoms with Gasteiger partial charge in [-0.05, 0) is 45.3 Å². The predicted molar refractivity (Wildman–Crippen MR) is 85.6 cm³/mol. The Morgan fingerprint density at radius 3 is 2.82 bits per heavy atom. The lowest BCUT2D eigenvalue weighted by Gasteiger charge is -2.22. The van der Waals surface area contributed by atoms with Gasteiger partial charge in [0.15, 0.2) is 5.75 Å². The first-order valence-electron chi connectivity index (χ1n) is 7.34. The number of aromatic nitrogens is 1. The molecule has 1 aliphatic rings. The largest absolute Gasteiger partial charge is 0.453 e. The summed E-state index contributed by atoms with van der Waals surface area (Å²) in [4.78, 5) is 20.9. The zero-order chi connectivity index (χ0) is 15.5. The van der Waals surface area contributed by atoms with Crippen LogP contribution in [0.25, 0.3) is 0 Å². The Kier molecular flexibility index (Phi) is 4.06. The molecule has 1 aliphatic heterocycles. The minimum Gasteiger partial charge on any atom is -0.453 e. The highest BCUT2D eigenvalue weighted by molar-refractivity contribution is 6.09. The second-order valence-corrected chi connectivity index (χ2v) is 5.56. The monoisotopic (exact) mass is 297 g/mol. The van der Waals surface area contributed by atoms with Gasteiger partial charge in [-0.2, -0.15) is 0 Å². The number of ether oxygens (including phenoxy) is 1. The maximum atomic E-state index is 12.9. The van der Waals surface area contributed by atoms with Gasteiger partial charge in [0, 0.05) is 12.7 Å². The summed E-state index contributed by atoms with van der Waals surface area (Å²) in [6, 6.07) is 9.16. The summed E-state index contributed by atoms with van der Waals surface area (Å²) in [7, 11) is 4.06. The molecule has 114 valence electrons. The molecular formula is C17H19N3O2. The molecule has 0 radical (unpaired) electrons. The van der Waals surface area contributed by atoms with Crippen LogP contribution in [-0.2, 0) is 0 Å². The number of para-hydroxylation sites is 1. The standard InChI is InChI=1S/C17H19N3O2/c1-19(2)10-5-11-20-14-8-9-18-12-16(14)22-15-7-4-3-6-13(15)17(20)21/h3-4,6-9,12H,5,10-11H2,1-2H3. The fourth-order valence-electron chi connectivity index (χ4n) is 2.55. The van der Waals surface area contributed by atoms with E-state index in [1.807, 2.05) is 38.4 Å². The maximum absolute atomic E-state index is 12.9. The van der Waals surface area contributed by atoms with Crippen molar-refractivity contribution in [1.29, 1.82) is 0 Å². The first-order valence-corrected chi connectivity index (χ1v) is 7.34. The number of carbonyl (C=O) groups is 1. The topological polar surface area (TPSA) is 45.7 Å². The maximum Gasteiger partial charge on any atom is 0.262 e. The van der Waals surface area contributed by atoms with Gasteiger partial charge in [0.05, 0.1) is 17.4 Å². The van der Waals surface area contributed by atoms with Crippen molar-refractivity contribution in [3.8, 4) is 11.5 Å². The van der Waals surface area contributed by atoms with E-state index in [9.17, 15) is 4.79 Å². The quantitative estimate of drug-likeness (QED) is 0.870. The molecule has 5 nitrogen and oxygen atoms in total. The first kappa shape index (κ1) is 14.5. The molecule has 0 fully saturated rings. The van der Waals surface area contributed by atoms with Crippen LogP contribution in [0.4, 0.5) is 5.69 Å². The average Bonchev–Trinajstić information content (AvgIpc) is 2.63. The molecule has 0 saturated heterocycles. The van der Waals surface area contributed by atoms with E-state index in [1.54, 1.807) is 23.4 Å². The summed E-state index contributed by atoms with van der Waals surface area (Å²) >= 11 is 0. The Morgan fingerprint density at radius 2 is 2.00 bits per heavy atom. The van der Waals surface area contributed by atoms with Crippen LogP contribution in [0.1, 0.15) is 16.8 Å². The number of nitrogens with zero attached hydrogens (tertiary/aromatic N) is 3. The van der Waals surface area contributed by atoms with Crippen LogP contribution < -0.4 is 9.64 Å². The van der Waals surface area contributed by atoms with E-state index in [0.717, 1.165) is 18.7 Å². The Bertz CT molecular complexity index is 685. The zero-order valence-corrected chi connectivity index (χ0v) is 12.8. The second kappa shape index (κ2) is 6.15. The molecule has 0 N–H and O–H groups in total. The van der Waals surface area contributed by atoms with Crippen molar-refractivity contribution in [3.63, 3.8) is 0 Å². The molecule has 0 bridgehead atoms. The number of rotatable bonds is 4. The average molecular weight is 297 g/mol. The van der Waals surface area contributed by atoms with Crippen LogP contribution in [0.15, 0.2) is 42.7 Å². The number of anilines is 1. The molecule has 1 aromatic heterocycles. The smallest absolute Gasteiger partial charge is 0.262 e. The number of hydrogen-bond donors (Lipinski definition) is 0. The van der Waals surface area contributed by atoms with Crippen molar-refractivity contribution < 1.29 is 9.53 Å². The van der Waals surface area contributed by atoms with Gasteiger partial charge in [0.25, 0.3) is 5.91 Å². The Hall–Kier alpha value is -2.40. The van der Waals surface area contributed by atoms with Crippen molar-refractivity contribution in [2.24, 2.45) is 0 Å². The van der Waals surface area contributed by atoms with Gasteiger partial charge in [-0.25, -0.2) is 0 Å². The summed E-state index contributed by atoms with van der Waals surface area (Å²) < 4.78 is 5.90. The third-order valence-corrected chi connectivity index (χ3v) is 3.62. The number of benzene rings is 1. The molecule has 3 rings (SSSR count). The van der Waals surface area contributed by atoms with Gasteiger partial charge < -0.3 is 14.5 Å². The molecule has 0 saturated carbocycles. The van der Waals surface area contributed by atoms with E-state index in [-0.39, 0.29) is 5.91 Å². The van der Waals surface area contributed by atoms with Gasteiger partial charge in [-0.15, -0.1) is 0 Å². The van der Waals surface area contributed by atoms with Crippen LogP contribution in [0.5, 0.6) is 11.5 Å². The number of amides is 1. The molecule has 1 aromatic carbocycles. The van der Waals surface area contributed by atoms with Crippen LogP contribution >= 0.6 is 0 Å². The van der Waals surface area contributed by atoms with Crippen molar-refractivity contribution in [3.05, 3.63) is 48.3 Å². The van der Waals surface area contributed by atoms with E-state index in [1.165, 1.54) is 0 Å². The summed E-state index contributed by atoms with van der Waals surface area (Å²) in [5.41, 5.74) is 1.36. The van der Waals surface area contributed by atoms with Gasteiger partial charge in [-0.1, -0.05) is 12.1 Å².